The summed E-state index contributed by atoms with van der Waals surface area (Å²) in [7, 11) is 0. The molecule has 2 unspecified atom stereocenters. The van der Waals surface area contributed by atoms with Crippen molar-refractivity contribution in [3.05, 3.63) is 54.2 Å². The number of hydrogen-bond acceptors (Lipinski definition) is 7. The standard InChI is InChI=1S/C32H35F2N5O2/c1-20-16-22(40)10-15-38(18-20)30-24-17-35-28(23-8-2-6-21-7-3-9-25(33)26(21)23)27(34)29(24)36-31(37-30)41-19-32-11-4-13-39(32)14-5-12-32/h2-3,6-9,17,20,22,40H,4-5,10-16,18-19H2,1H3. The number of aromatic nitrogens is 3. The lowest BCUT2D eigenvalue weighted by Gasteiger charge is -2.31. The highest BCUT2D eigenvalue weighted by Crippen LogP contribution is 2.40. The first-order valence-electron chi connectivity index (χ1n) is 14.8. The van der Waals surface area contributed by atoms with E-state index in [0.29, 0.717) is 60.1 Å². The number of fused-ring (bicyclic) bond motifs is 3. The lowest BCUT2D eigenvalue weighted by Crippen LogP contribution is -2.43. The van der Waals surface area contributed by atoms with Crippen LogP contribution in [0.2, 0.25) is 0 Å². The Morgan fingerprint density at radius 3 is 2.63 bits per heavy atom. The number of nitrogens with zero attached hydrogens (tertiary/aromatic N) is 5. The van der Waals surface area contributed by atoms with Gasteiger partial charge >= 0.3 is 6.01 Å². The van der Waals surface area contributed by atoms with Crippen molar-refractivity contribution >= 4 is 27.5 Å². The average molecular weight is 560 g/mol. The van der Waals surface area contributed by atoms with Crippen LogP contribution in [0, 0.1) is 17.6 Å². The van der Waals surface area contributed by atoms with Crippen LogP contribution < -0.4 is 9.64 Å². The van der Waals surface area contributed by atoms with Crippen LogP contribution >= 0.6 is 0 Å². The van der Waals surface area contributed by atoms with E-state index < -0.39 is 17.7 Å². The van der Waals surface area contributed by atoms with Gasteiger partial charge < -0.3 is 14.7 Å². The molecule has 41 heavy (non-hydrogen) atoms. The molecule has 2 aromatic heterocycles. The maximum Gasteiger partial charge on any atom is 0.319 e. The molecule has 0 saturated carbocycles. The molecule has 3 saturated heterocycles. The molecule has 5 heterocycles. The van der Waals surface area contributed by atoms with E-state index >= 15 is 4.39 Å². The molecule has 4 aromatic rings. The van der Waals surface area contributed by atoms with E-state index in [4.69, 9.17) is 9.72 Å². The first kappa shape index (κ1) is 26.5. The Morgan fingerprint density at radius 1 is 1.05 bits per heavy atom. The number of ether oxygens (including phenoxy) is 1. The maximum absolute atomic E-state index is 16.5. The third kappa shape index (κ3) is 4.69. The van der Waals surface area contributed by atoms with E-state index in [-0.39, 0.29) is 28.7 Å². The summed E-state index contributed by atoms with van der Waals surface area (Å²) in [5.41, 5.74) is 0.510. The Kier molecular flexibility index (Phi) is 6.74. The van der Waals surface area contributed by atoms with Crippen LogP contribution in [0.3, 0.4) is 0 Å². The van der Waals surface area contributed by atoms with Crippen LogP contribution in [-0.2, 0) is 0 Å². The first-order valence-corrected chi connectivity index (χ1v) is 14.8. The van der Waals surface area contributed by atoms with Crippen molar-refractivity contribution in [3.8, 4) is 17.3 Å². The van der Waals surface area contributed by atoms with Gasteiger partial charge in [-0.2, -0.15) is 9.97 Å². The van der Waals surface area contributed by atoms with Gasteiger partial charge in [-0.1, -0.05) is 37.3 Å². The molecule has 0 aliphatic carbocycles. The zero-order valence-electron chi connectivity index (χ0n) is 23.3. The maximum atomic E-state index is 16.5. The van der Waals surface area contributed by atoms with E-state index in [2.05, 4.69) is 26.7 Å². The number of benzene rings is 2. The highest BCUT2D eigenvalue weighted by Gasteiger charge is 2.45. The first-order chi connectivity index (χ1) is 19.9. The number of anilines is 1. The summed E-state index contributed by atoms with van der Waals surface area (Å²) >= 11 is 0. The molecule has 2 atom stereocenters. The molecular weight excluding hydrogens is 524 g/mol. The number of pyridine rings is 1. The third-order valence-electron chi connectivity index (χ3n) is 9.27. The highest BCUT2D eigenvalue weighted by molar-refractivity contribution is 5.99. The summed E-state index contributed by atoms with van der Waals surface area (Å²) in [4.78, 5) is 18.6. The summed E-state index contributed by atoms with van der Waals surface area (Å²) < 4.78 is 37.8. The van der Waals surface area contributed by atoms with Gasteiger partial charge in [-0.05, 0) is 69.0 Å². The van der Waals surface area contributed by atoms with Crippen LogP contribution in [0.15, 0.2) is 42.6 Å². The van der Waals surface area contributed by atoms with Crippen LogP contribution in [0.5, 0.6) is 6.01 Å². The van der Waals surface area contributed by atoms with Crippen molar-refractivity contribution in [2.75, 3.05) is 37.7 Å². The van der Waals surface area contributed by atoms with E-state index in [0.717, 1.165) is 38.8 Å². The van der Waals surface area contributed by atoms with Gasteiger partial charge in [0.25, 0.3) is 0 Å². The van der Waals surface area contributed by atoms with Crippen molar-refractivity contribution in [3.63, 3.8) is 0 Å². The second-order valence-corrected chi connectivity index (χ2v) is 12.1. The predicted molar refractivity (Wildman–Crippen MR) is 155 cm³/mol. The van der Waals surface area contributed by atoms with E-state index in [1.54, 1.807) is 36.5 Å². The smallest absolute Gasteiger partial charge is 0.319 e. The molecule has 0 radical (unpaired) electrons. The van der Waals surface area contributed by atoms with Gasteiger partial charge in [0, 0.05) is 30.2 Å². The average Bonchev–Trinajstić information content (AvgIpc) is 3.49. The molecule has 0 bridgehead atoms. The zero-order chi connectivity index (χ0) is 28.1. The van der Waals surface area contributed by atoms with Gasteiger partial charge in [0.05, 0.1) is 17.0 Å². The van der Waals surface area contributed by atoms with Crippen molar-refractivity contribution in [2.45, 2.75) is 57.1 Å². The predicted octanol–water partition coefficient (Wildman–Crippen LogP) is 5.73. The summed E-state index contributed by atoms with van der Waals surface area (Å²) in [6.45, 7) is 5.95. The van der Waals surface area contributed by atoms with Crippen LogP contribution in [-0.4, -0.2) is 69.4 Å². The minimum Gasteiger partial charge on any atom is -0.461 e. The van der Waals surface area contributed by atoms with Gasteiger partial charge in [0.1, 0.15) is 29.5 Å². The highest BCUT2D eigenvalue weighted by atomic mass is 19.1. The molecule has 3 aliphatic heterocycles. The Balaban J connectivity index is 1.35. The number of aliphatic hydroxyl groups excluding tert-OH is 1. The quantitative estimate of drug-likeness (QED) is 0.335. The topological polar surface area (TPSA) is 74.6 Å². The molecule has 3 fully saturated rings. The fraction of sp³-hybridized carbons (Fsp3) is 0.469. The molecule has 9 heteroatoms. The summed E-state index contributed by atoms with van der Waals surface area (Å²) in [6, 6.07) is 10.2. The minimum absolute atomic E-state index is 0.0118. The SMILES string of the molecule is CC1CC(O)CCN(c2nc(OCC34CCCN3CCC4)nc3c(F)c(-c4cccc5cccc(F)c45)ncc23)C1. The molecular formula is C32H35F2N5O2. The second kappa shape index (κ2) is 10.4. The fourth-order valence-electron chi connectivity index (χ4n) is 7.29. The minimum atomic E-state index is -0.629. The molecule has 0 spiro atoms. The monoisotopic (exact) mass is 559 g/mol. The summed E-state index contributed by atoms with van der Waals surface area (Å²) in [5, 5.41) is 11.9. The van der Waals surface area contributed by atoms with Crippen LogP contribution in [0.4, 0.5) is 14.6 Å². The van der Waals surface area contributed by atoms with Gasteiger partial charge in [-0.25, -0.2) is 8.78 Å². The van der Waals surface area contributed by atoms with Crippen molar-refractivity contribution in [2.24, 2.45) is 5.92 Å². The number of halogens is 2. The molecule has 214 valence electrons. The molecule has 2 aromatic carbocycles. The number of rotatable bonds is 5. The summed E-state index contributed by atoms with van der Waals surface area (Å²) in [5.74, 6) is -0.278. The molecule has 0 amide bonds. The molecule has 7 rings (SSSR count). The third-order valence-corrected chi connectivity index (χ3v) is 9.27. The Morgan fingerprint density at radius 2 is 1.83 bits per heavy atom. The fourth-order valence-corrected chi connectivity index (χ4v) is 7.29. The Labute approximate surface area is 238 Å². The largest absolute Gasteiger partial charge is 0.461 e. The lowest BCUT2D eigenvalue weighted by atomic mass is 9.95. The van der Waals surface area contributed by atoms with Crippen molar-refractivity contribution in [1.29, 1.82) is 0 Å². The van der Waals surface area contributed by atoms with Crippen LogP contribution in [0.25, 0.3) is 32.9 Å². The van der Waals surface area contributed by atoms with E-state index in [1.165, 1.54) is 6.07 Å². The van der Waals surface area contributed by atoms with Crippen molar-refractivity contribution < 1.29 is 18.6 Å². The molecule has 3 aliphatic rings. The van der Waals surface area contributed by atoms with Crippen molar-refractivity contribution in [1.82, 2.24) is 19.9 Å². The molecule has 7 nitrogen and oxygen atoms in total. The van der Waals surface area contributed by atoms with Crippen LogP contribution in [0.1, 0.15) is 45.4 Å². The van der Waals surface area contributed by atoms with E-state index in [9.17, 15) is 9.50 Å². The van der Waals surface area contributed by atoms with Gasteiger partial charge in [-0.15, -0.1) is 0 Å². The lowest BCUT2D eigenvalue weighted by molar-refractivity contribution is 0.108. The normalized spacial score (nSPS) is 22.8. The second-order valence-electron chi connectivity index (χ2n) is 12.1. The Hall–Kier alpha value is -3.43. The van der Waals surface area contributed by atoms with Gasteiger partial charge in [-0.3, -0.25) is 9.88 Å². The summed E-state index contributed by atoms with van der Waals surface area (Å²) in [6.07, 6.45) is 6.93. The zero-order valence-corrected chi connectivity index (χ0v) is 23.3. The number of hydrogen-bond donors (Lipinski definition) is 1. The van der Waals surface area contributed by atoms with Gasteiger partial charge in [0.15, 0.2) is 5.82 Å². The van der Waals surface area contributed by atoms with E-state index in [1.807, 2.05) is 0 Å². The molecule has 1 N–H and O–H groups in total. The Bertz CT molecular complexity index is 1600. The number of aliphatic hydroxyl groups is 1. The van der Waals surface area contributed by atoms with Gasteiger partial charge in [0.2, 0.25) is 0 Å².